The zero-order valence-corrected chi connectivity index (χ0v) is 9.36. The van der Waals surface area contributed by atoms with Gasteiger partial charge in [0.25, 0.3) is 0 Å². The van der Waals surface area contributed by atoms with E-state index in [2.05, 4.69) is 17.3 Å². The standard InChI is InChI=1S/C10H17N5O/c1-2-3-4-5-9(16)13-8-6-7-15(14-8)10(11)12/h6-7H,2-5H2,1H3,(H3,11,12)(H,13,14,16). The average molecular weight is 223 g/mol. The van der Waals surface area contributed by atoms with Crippen molar-refractivity contribution in [2.24, 2.45) is 5.73 Å². The van der Waals surface area contributed by atoms with Crippen LogP contribution in [0.5, 0.6) is 0 Å². The van der Waals surface area contributed by atoms with Crippen molar-refractivity contribution in [3.05, 3.63) is 12.3 Å². The number of anilines is 1. The van der Waals surface area contributed by atoms with Crippen molar-refractivity contribution in [1.29, 1.82) is 5.41 Å². The first-order valence-corrected chi connectivity index (χ1v) is 5.33. The summed E-state index contributed by atoms with van der Waals surface area (Å²) >= 11 is 0. The van der Waals surface area contributed by atoms with E-state index in [1.54, 1.807) is 6.07 Å². The van der Waals surface area contributed by atoms with E-state index in [-0.39, 0.29) is 11.9 Å². The number of aromatic nitrogens is 2. The van der Waals surface area contributed by atoms with Gasteiger partial charge in [-0.15, -0.1) is 5.10 Å². The van der Waals surface area contributed by atoms with Gasteiger partial charge < -0.3 is 11.1 Å². The van der Waals surface area contributed by atoms with Gasteiger partial charge in [0.15, 0.2) is 5.82 Å². The second kappa shape index (κ2) is 5.89. The summed E-state index contributed by atoms with van der Waals surface area (Å²) in [5.41, 5.74) is 5.23. The Hall–Kier alpha value is -1.85. The van der Waals surface area contributed by atoms with Crippen LogP contribution >= 0.6 is 0 Å². The van der Waals surface area contributed by atoms with Crippen molar-refractivity contribution in [1.82, 2.24) is 9.78 Å². The van der Waals surface area contributed by atoms with Gasteiger partial charge in [0.2, 0.25) is 11.9 Å². The number of nitrogen functional groups attached to an aromatic ring is 1. The molecule has 6 heteroatoms. The molecule has 4 N–H and O–H groups in total. The van der Waals surface area contributed by atoms with E-state index in [4.69, 9.17) is 11.1 Å². The van der Waals surface area contributed by atoms with Gasteiger partial charge in [-0.25, -0.2) is 4.68 Å². The molecule has 0 atom stereocenters. The van der Waals surface area contributed by atoms with Gasteiger partial charge in [0.05, 0.1) is 0 Å². The molecule has 0 fully saturated rings. The van der Waals surface area contributed by atoms with Gasteiger partial charge in [-0.1, -0.05) is 19.8 Å². The van der Waals surface area contributed by atoms with Crippen molar-refractivity contribution in [3.8, 4) is 0 Å². The number of carbonyl (C=O) groups is 1. The van der Waals surface area contributed by atoms with Gasteiger partial charge in [-0.05, 0) is 6.42 Å². The van der Waals surface area contributed by atoms with Crippen LogP contribution in [0.25, 0.3) is 0 Å². The summed E-state index contributed by atoms with van der Waals surface area (Å²) in [4.78, 5) is 11.4. The fourth-order valence-electron chi connectivity index (χ4n) is 1.27. The highest BCUT2D eigenvalue weighted by molar-refractivity contribution is 5.90. The Morgan fingerprint density at radius 3 is 2.94 bits per heavy atom. The third-order valence-electron chi connectivity index (χ3n) is 2.11. The van der Waals surface area contributed by atoms with Crippen molar-refractivity contribution in [2.75, 3.05) is 5.32 Å². The molecule has 1 aromatic heterocycles. The molecular formula is C10H17N5O. The number of hydrogen-bond acceptors (Lipinski definition) is 3. The van der Waals surface area contributed by atoms with Crippen LogP contribution in [0.3, 0.4) is 0 Å². The number of unbranched alkanes of at least 4 members (excludes halogenated alkanes) is 2. The largest absolute Gasteiger partial charge is 0.368 e. The number of nitrogens with one attached hydrogen (secondary N) is 2. The molecule has 1 aromatic rings. The lowest BCUT2D eigenvalue weighted by Crippen LogP contribution is -2.21. The molecule has 0 aromatic carbocycles. The Morgan fingerprint density at radius 2 is 2.38 bits per heavy atom. The van der Waals surface area contributed by atoms with Crippen LogP contribution in [0.4, 0.5) is 5.82 Å². The molecule has 1 heterocycles. The lowest BCUT2D eigenvalue weighted by atomic mass is 10.2. The zero-order chi connectivity index (χ0) is 12.0. The number of hydrogen-bond donors (Lipinski definition) is 3. The maximum absolute atomic E-state index is 11.4. The quantitative estimate of drug-likeness (QED) is 0.396. The van der Waals surface area contributed by atoms with E-state index in [1.807, 2.05) is 0 Å². The molecule has 1 amide bonds. The molecule has 0 spiro atoms. The normalized spacial score (nSPS) is 10.1. The minimum Gasteiger partial charge on any atom is -0.368 e. The summed E-state index contributed by atoms with van der Waals surface area (Å²) in [7, 11) is 0. The van der Waals surface area contributed by atoms with Crippen molar-refractivity contribution >= 4 is 17.7 Å². The van der Waals surface area contributed by atoms with Crippen molar-refractivity contribution < 1.29 is 4.79 Å². The summed E-state index contributed by atoms with van der Waals surface area (Å²) in [6, 6.07) is 1.61. The minimum atomic E-state index is -0.175. The summed E-state index contributed by atoms with van der Waals surface area (Å²) < 4.78 is 1.20. The molecular weight excluding hydrogens is 206 g/mol. The minimum absolute atomic E-state index is 0.0535. The molecule has 0 aliphatic heterocycles. The van der Waals surface area contributed by atoms with E-state index in [9.17, 15) is 4.79 Å². The Morgan fingerprint density at radius 1 is 1.62 bits per heavy atom. The second-order valence-corrected chi connectivity index (χ2v) is 3.54. The topological polar surface area (TPSA) is 96.8 Å². The molecule has 88 valence electrons. The number of carbonyl (C=O) groups excluding carboxylic acids is 1. The fourth-order valence-corrected chi connectivity index (χ4v) is 1.27. The van der Waals surface area contributed by atoms with Crippen molar-refractivity contribution in [2.45, 2.75) is 32.6 Å². The summed E-state index contributed by atoms with van der Waals surface area (Å²) in [6.45, 7) is 2.09. The van der Waals surface area contributed by atoms with Crippen LogP contribution in [0.2, 0.25) is 0 Å². The summed E-state index contributed by atoms with van der Waals surface area (Å²) in [5.74, 6) is 0.199. The molecule has 0 aliphatic rings. The summed E-state index contributed by atoms with van der Waals surface area (Å²) in [6.07, 6.45) is 5.06. The predicted octanol–water partition coefficient (Wildman–Crippen LogP) is 1.14. The van der Waals surface area contributed by atoms with Crippen molar-refractivity contribution in [3.63, 3.8) is 0 Å². The van der Waals surface area contributed by atoms with Gasteiger partial charge >= 0.3 is 0 Å². The molecule has 0 radical (unpaired) electrons. The Labute approximate surface area is 94.3 Å². The number of nitrogens with zero attached hydrogens (tertiary/aromatic N) is 2. The van der Waals surface area contributed by atoms with Crippen LogP contribution in [0.1, 0.15) is 32.6 Å². The maximum Gasteiger partial charge on any atom is 0.225 e. The Balaban J connectivity index is 2.40. The van der Waals surface area contributed by atoms with Crippen LogP contribution in [0.15, 0.2) is 12.3 Å². The fraction of sp³-hybridized carbons (Fsp3) is 0.500. The highest BCUT2D eigenvalue weighted by atomic mass is 16.1. The van der Waals surface area contributed by atoms with Crippen LogP contribution in [-0.2, 0) is 4.79 Å². The number of amides is 1. The van der Waals surface area contributed by atoms with Gasteiger partial charge in [0, 0.05) is 18.7 Å². The first kappa shape index (κ1) is 12.2. The monoisotopic (exact) mass is 223 g/mol. The number of rotatable bonds is 5. The van der Waals surface area contributed by atoms with Crippen LogP contribution in [-0.4, -0.2) is 21.6 Å². The summed E-state index contributed by atoms with van der Waals surface area (Å²) in [5, 5.41) is 13.7. The molecule has 0 aliphatic carbocycles. The third-order valence-corrected chi connectivity index (χ3v) is 2.11. The van der Waals surface area contributed by atoms with E-state index in [0.29, 0.717) is 12.2 Å². The predicted molar refractivity (Wildman–Crippen MR) is 62.3 cm³/mol. The van der Waals surface area contributed by atoms with E-state index in [1.165, 1.54) is 10.9 Å². The van der Waals surface area contributed by atoms with Crippen LogP contribution < -0.4 is 11.1 Å². The SMILES string of the molecule is CCCCCC(=O)Nc1ccn(C(=N)N)n1. The molecule has 6 nitrogen and oxygen atoms in total. The average Bonchev–Trinajstić information content (AvgIpc) is 2.66. The first-order valence-electron chi connectivity index (χ1n) is 5.33. The Bertz CT molecular complexity index is 371. The van der Waals surface area contributed by atoms with E-state index in [0.717, 1.165) is 19.3 Å². The molecule has 0 saturated heterocycles. The molecule has 16 heavy (non-hydrogen) atoms. The molecule has 0 saturated carbocycles. The smallest absolute Gasteiger partial charge is 0.225 e. The highest BCUT2D eigenvalue weighted by Crippen LogP contribution is 2.05. The lowest BCUT2D eigenvalue weighted by molar-refractivity contribution is -0.116. The molecule has 0 bridgehead atoms. The van der Waals surface area contributed by atoms with Gasteiger partial charge in [-0.3, -0.25) is 10.2 Å². The third kappa shape index (κ3) is 3.72. The highest BCUT2D eigenvalue weighted by Gasteiger charge is 2.05. The Kier molecular flexibility index (Phi) is 4.50. The van der Waals surface area contributed by atoms with E-state index >= 15 is 0 Å². The van der Waals surface area contributed by atoms with E-state index < -0.39 is 0 Å². The second-order valence-electron chi connectivity index (χ2n) is 3.54. The zero-order valence-electron chi connectivity index (χ0n) is 9.36. The lowest BCUT2D eigenvalue weighted by Gasteiger charge is -2.01. The maximum atomic E-state index is 11.4. The molecule has 1 rings (SSSR count). The number of nitrogens with two attached hydrogens (primary N) is 1. The molecule has 0 unspecified atom stereocenters. The first-order chi connectivity index (χ1) is 7.63. The van der Waals surface area contributed by atoms with Gasteiger partial charge in [-0.2, -0.15) is 0 Å². The van der Waals surface area contributed by atoms with Gasteiger partial charge in [0.1, 0.15) is 0 Å². The van der Waals surface area contributed by atoms with Crippen LogP contribution in [0, 0.1) is 5.41 Å².